The van der Waals surface area contributed by atoms with Crippen molar-refractivity contribution >= 4 is 22.8 Å². The Labute approximate surface area is 169 Å². The van der Waals surface area contributed by atoms with Gasteiger partial charge in [0.1, 0.15) is 17.8 Å². The van der Waals surface area contributed by atoms with Crippen LogP contribution in [0.3, 0.4) is 0 Å². The van der Waals surface area contributed by atoms with Gasteiger partial charge in [-0.2, -0.15) is 0 Å². The van der Waals surface area contributed by atoms with Gasteiger partial charge in [0.15, 0.2) is 0 Å². The molecule has 1 aromatic carbocycles. The summed E-state index contributed by atoms with van der Waals surface area (Å²) in [5, 5.41) is 14.1. The number of hydrogen-bond acceptors (Lipinski definition) is 6. The third kappa shape index (κ3) is 4.08. The Morgan fingerprint density at radius 3 is 2.76 bits per heavy atom. The van der Waals surface area contributed by atoms with E-state index in [1.165, 1.54) is 0 Å². The third-order valence-corrected chi connectivity index (χ3v) is 5.63. The van der Waals surface area contributed by atoms with Crippen LogP contribution in [0.15, 0.2) is 48.9 Å². The number of piperidine rings is 1. The smallest absolute Gasteiger partial charge is 0.240 e. The number of carbonyl (C=O) groups is 1. The minimum atomic E-state index is -0.904. The fraction of sp³-hybridized carbons (Fsp3) is 0.381. The Bertz CT molecular complexity index is 965. The second-order valence-corrected chi connectivity index (χ2v) is 7.55. The fourth-order valence-electron chi connectivity index (χ4n) is 3.80. The Morgan fingerprint density at radius 2 is 2.00 bits per heavy atom. The number of nitrogens with zero attached hydrogens (tertiary/aromatic N) is 3. The summed E-state index contributed by atoms with van der Waals surface area (Å²) >= 11 is 0. The van der Waals surface area contributed by atoms with Crippen LogP contribution in [0.4, 0.5) is 5.82 Å². The molecular formula is C21H26N6O2. The summed E-state index contributed by atoms with van der Waals surface area (Å²) in [5.74, 6) is 0.705. The molecule has 3 aromatic rings. The molecule has 4 rings (SSSR count). The monoisotopic (exact) mass is 394 g/mol. The Kier molecular flexibility index (Phi) is 5.46. The molecule has 1 amide bonds. The number of benzene rings is 1. The summed E-state index contributed by atoms with van der Waals surface area (Å²) < 4.78 is 0. The van der Waals surface area contributed by atoms with Gasteiger partial charge in [0, 0.05) is 25.8 Å². The average molecular weight is 394 g/mol. The minimum absolute atomic E-state index is 0.160. The van der Waals surface area contributed by atoms with Crippen molar-refractivity contribution in [3.05, 3.63) is 54.5 Å². The Balaban J connectivity index is 1.31. The van der Waals surface area contributed by atoms with Gasteiger partial charge in [-0.15, -0.1) is 0 Å². The van der Waals surface area contributed by atoms with Gasteiger partial charge in [-0.05, 0) is 30.9 Å². The van der Waals surface area contributed by atoms with Gasteiger partial charge in [0.2, 0.25) is 5.91 Å². The van der Waals surface area contributed by atoms with E-state index in [4.69, 9.17) is 5.73 Å². The van der Waals surface area contributed by atoms with E-state index in [1.807, 2.05) is 42.6 Å². The Hall–Kier alpha value is -2.97. The molecule has 0 radical (unpaired) electrons. The van der Waals surface area contributed by atoms with Gasteiger partial charge in [0.05, 0.1) is 17.0 Å². The van der Waals surface area contributed by atoms with E-state index in [-0.39, 0.29) is 5.91 Å². The number of aliphatic hydroxyl groups excluding tert-OH is 1. The molecule has 8 heteroatoms. The second-order valence-electron chi connectivity index (χ2n) is 7.55. The third-order valence-electron chi connectivity index (χ3n) is 5.63. The number of aromatic nitrogens is 3. The number of aliphatic hydroxyl groups is 1. The number of fused-ring (bicyclic) bond motifs is 1. The summed E-state index contributed by atoms with van der Waals surface area (Å²) in [4.78, 5) is 26.6. The first-order chi connectivity index (χ1) is 14.1. The highest BCUT2D eigenvalue weighted by atomic mass is 16.3. The number of amides is 1. The van der Waals surface area contributed by atoms with Crippen LogP contribution in [0.5, 0.6) is 0 Å². The largest absolute Gasteiger partial charge is 0.388 e. The van der Waals surface area contributed by atoms with Crippen molar-refractivity contribution < 1.29 is 9.90 Å². The van der Waals surface area contributed by atoms with E-state index in [9.17, 15) is 9.90 Å². The second kappa shape index (κ2) is 8.18. The molecule has 0 spiro atoms. The predicted octanol–water partition coefficient (Wildman–Crippen LogP) is 1.50. The predicted molar refractivity (Wildman–Crippen MR) is 111 cm³/mol. The molecule has 5 N–H and O–H groups in total. The van der Waals surface area contributed by atoms with Crippen molar-refractivity contribution in [1.29, 1.82) is 0 Å². The summed E-state index contributed by atoms with van der Waals surface area (Å²) in [7, 11) is 0. The van der Waals surface area contributed by atoms with Crippen molar-refractivity contribution in [3.63, 3.8) is 0 Å². The van der Waals surface area contributed by atoms with Crippen LogP contribution >= 0.6 is 0 Å². The van der Waals surface area contributed by atoms with E-state index >= 15 is 0 Å². The van der Waals surface area contributed by atoms with Crippen molar-refractivity contribution in [2.24, 2.45) is 5.73 Å². The first kappa shape index (κ1) is 19.4. The zero-order valence-electron chi connectivity index (χ0n) is 16.2. The molecule has 8 nitrogen and oxygen atoms in total. The molecule has 29 heavy (non-hydrogen) atoms. The SMILES string of the molecule is NC1(C(=O)NCCC(O)c2ccccc2)CCN(c2ncnc3[nH]ccc23)CC1. The van der Waals surface area contributed by atoms with Crippen LogP contribution in [0.2, 0.25) is 0 Å². The van der Waals surface area contributed by atoms with Crippen LogP contribution in [0, 0.1) is 0 Å². The maximum Gasteiger partial charge on any atom is 0.240 e. The average Bonchev–Trinajstić information content (AvgIpc) is 3.24. The van der Waals surface area contributed by atoms with E-state index in [0.29, 0.717) is 38.9 Å². The number of H-pyrrole nitrogens is 1. The van der Waals surface area contributed by atoms with Gasteiger partial charge in [0.25, 0.3) is 0 Å². The Morgan fingerprint density at radius 1 is 1.24 bits per heavy atom. The van der Waals surface area contributed by atoms with Gasteiger partial charge in [-0.3, -0.25) is 4.79 Å². The molecule has 1 saturated heterocycles. The molecule has 0 aliphatic carbocycles. The molecule has 0 bridgehead atoms. The zero-order valence-corrected chi connectivity index (χ0v) is 16.2. The maximum absolute atomic E-state index is 12.7. The van der Waals surface area contributed by atoms with Crippen molar-refractivity contribution in [2.45, 2.75) is 30.9 Å². The van der Waals surface area contributed by atoms with Gasteiger partial charge in [-0.1, -0.05) is 30.3 Å². The van der Waals surface area contributed by atoms with Crippen LogP contribution in [0.25, 0.3) is 11.0 Å². The molecule has 1 aliphatic heterocycles. The highest BCUT2D eigenvalue weighted by Crippen LogP contribution is 2.28. The highest BCUT2D eigenvalue weighted by Gasteiger charge is 2.38. The van der Waals surface area contributed by atoms with Gasteiger partial charge in [-0.25, -0.2) is 9.97 Å². The first-order valence-electron chi connectivity index (χ1n) is 9.90. The van der Waals surface area contributed by atoms with E-state index < -0.39 is 11.6 Å². The molecule has 1 fully saturated rings. The number of nitrogens with two attached hydrogens (primary N) is 1. The lowest BCUT2D eigenvalue weighted by Gasteiger charge is -2.38. The molecule has 152 valence electrons. The van der Waals surface area contributed by atoms with Gasteiger partial charge >= 0.3 is 0 Å². The first-order valence-corrected chi connectivity index (χ1v) is 9.90. The van der Waals surface area contributed by atoms with Crippen LogP contribution in [-0.4, -0.2) is 51.1 Å². The fourth-order valence-corrected chi connectivity index (χ4v) is 3.80. The summed E-state index contributed by atoms with van der Waals surface area (Å²) in [6, 6.07) is 11.4. The number of anilines is 1. The number of rotatable bonds is 6. The molecule has 3 heterocycles. The highest BCUT2D eigenvalue weighted by molar-refractivity contribution is 5.88. The van der Waals surface area contributed by atoms with Gasteiger partial charge < -0.3 is 26.0 Å². The lowest BCUT2D eigenvalue weighted by Crippen LogP contribution is -2.59. The quantitative estimate of drug-likeness (QED) is 0.503. The number of nitrogens with one attached hydrogen (secondary N) is 2. The minimum Gasteiger partial charge on any atom is -0.388 e. The molecule has 2 aromatic heterocycles. The number of carbonyl (C=O) groups excluding carboxylic acids is 1. The van der Waals surface area contributed by atoms with E-state index in [1.54, 1.807) is 6.33 Å². The van der Waals surface area contributed by atoms with Crippen LogP contribution < -0.4 is 16.0 Å². The summed E-state index contributed by atoms with van der Waals surface area (Å²) in [6.07, 6.45) is 4.31. The standard InChI is InChI=1S/C21H26N6O2/c22-21(20(29)24-11-7-17(28)15-4-2-1-3-5-15)8-12-27(13-9-21)19-16-6-10-23-18(16)25-14-26-19/h1-6,10,14,17,28H,7-9,11-13,22H2,(H,24,29)(H,23,25,26). The zero-order chi connectivity index (χ0) is 20.3. The van der Waals surface area contributed by atoms with E-state index in [0.717, 1.165) is 22.4 Å². The summed E-state index contributed by atoms with van der Waals surface area (Å²) in [6.45, 7) is 1.68. The van der Waals surface area contributed by atoms with Crippen LogP contribution in [0.1, 0.15) is 30.9 Å². The van der Waals surface area contributed by atoms with E-state index in [2.05, 4.69) is 25.2 Å². The van der Waals surface area contributed by atoms with Crippen molar-refractivity contribution in [2.75, 3.05) is 24.5 Å². The molecule has 1 unspecified atom stereocenters. The van der Waals surface area contributed by atoms with Crippen molar-refractivity contribution in [3.8, 4) is 0 Å². The topological polar surface area (TPSA) is 120 Å². The number of aromatic amines is 1. The van der Waals surface area contributed by atoms with Crippen molar-refractivity contribution in [1.82, 2.24) is 20.3 Å². The molecule has 1 atom stereocenters. The molecular weight excluding hydrogens is 368 g/mol. The normalized spacial score (nSPS) is 17.2. The molecule has 1 aliphatic rings. The van der Waals surface area contributed by atoms with Crippen LogP contribution in [-0.2, 0) is 4.79 Å². The lowest BCUT2D eigenvalue weighted by atomic mass is 9.87. The lowest BCUT2D eigenvalue weighted by molar-refractivity contribution is -0.127. The number of hydrogen-bond donors (Lipinski definition) is 4. The molecule has 0 saturated carbocycles. The summed E-state index contributed by atoms with van der Waals surface area (Å²) in [5.41, 5.74) is 7.17. The maximum atomic E-state index is 12.7.